The van der Waals surface area contributed by atoms with Crippen LogP contribution >= 0.6 is 0 Å². The average molecular weight is 371 g/mol. The monoisotopic (exact) mass is 371 g/mol. The number of aromatic amines is 1. The minimum atomic E-state index is -0.577. The Bertz CT molecular complexity index is 958. The normalized spacial score (nSPS) is 14.0. The Labute approximate surface area is 155 Å². The first kappa shape index (κ1) is 18.5. The van der Waals surface area contributed by atoms with Crippen molar-refractivity contribution in [2.75, 3.05) is 19.8 Å². The van der Waals surface area contributed by atoms with E-state index in [9.17, 15) is 14.4 Å². The molecule has 1 aliphatic rings. The second-order valence-electron chi connectivity index (χ2n) is 6.29. The summed E-state index contributed by atoms with van der Waals surface area (Å²) in [4.78, 5) is 39.0. The van der Waals surface area contributed by atoms with Crippen LogP contribution in [0.5, 0.6) is 0 Å². The fraction of sp³-hybridized carbons (Fsp3) is 0.316. The van der Waals surface area contributed by atoms with E-state index in [1.54, 1.807) is 13.0 Å². The van der Waals surface area contributed by atoms with Crippen molar-refractivity contribution in [1.82, 2.24) is 15.6 Å². The Kier molecular flexibility index (Phi) is 5.16. The number of benzene rings is 1. The molecule has 0 spiro atoms. The summed E-state index contributed by atoms with van der Waals surface area (Å²) in [6.07, 6.45) is 0. The number of esters is 2. The molecule has 27 heavy (non-hydrogen) atoms. The number of carbonyl (C=O) groups excluding carboxylic acids is 3. The van der Waals surface area contributed by atoms with E-state index in [4.69, 9.17) is 9.47 Å². The number of amides is 2. The molecule has 1 aromatic heterocycles. The summed E-state index contributed by atoms with van der Waals surface area (Å²) >= 11 is 0. The Hall–Kier alpha value is -3.29. The number of ether oxygens (including phenoxy) is 2. The van der Waals surface area contributed by atoms with Gasteiger partial charge in [0.05, 0.1) is 24.4 Å². The molecule has 2 aromatic rings. The molecule has 0 bridgehead atoms. The van der Waals surface area contributed by atoms with E-state index in [2.05, 4.69) is 15.6 Å². The first-order valence-corrected chi connectivity index (χ1v) is 8.60. The van der Waals surface area contributed by atoms with Gasteiger partial charge in [-0.3, -0.25) is 0 Å². The van der Waals surface area contributed by atoms with E-state index in [1.165, 1.54) is 0 Å². The van der Waals surface area contributed by atoms with Crippen molar-refractivity contribution in [2.24, 2.45) is 0 Å². The van der Waals surface area contributed by atoms with Crippen LogP contribution in [0.4, 0.5) is 4.79 Å². The zero-order valence-electron chi connectivity index (χ0n) is 15.4. The van der Waals surface area contributed by atoms with Crippen LogP contribution in [0.2, 0.25) is 0 Å². The summed E-state index contributed by atoms with van der Waals surface area (Å²) in [7, 11) is 0. The van der Waals surface area contributed by atoms with Crippen LogP contribution in [0.3, 0.4) is 0 Å². The van der Waals surface area contributed by atoms with Crippen LogP contribution in [0.25, 0.3) is 10.9 Å². The highest BCUT2D eigenvalue weighted by Crippen LogP contribution is 2.22. The number of nitrogens with one attached hydrogen (secondary N) is 3. The molecule has 0 unspecified atom stereocenters. The van der Waals surface area contributed by atoms with Gasteiger partial charge in [-0.25, -0.2) is 14.4 Å². The third kappa shape index (κ3) is 3.94. The van der Waals surface area contributed by atoms with Gasteiger partial charge >= 0.3 is 18.0 Å². The Morgan fingerprint density at radius 1 is 1.11 bits per heavy atom. The molecule has 0 saturated heterocycles. The van der Waals surface area contributed by atoms with Crippen LogP contribution in [-0.2, 0) is 14.3 Å². The molecule has 3 rings (SSSR count). The summed E-state index contributed by atoms with van der Waals surface area (Å²) in [5, 5.41) is 5.93. The number of fused-ring (bicyclic) bond motifs is 1. The maximum Gasteiger partial charge on any atom is 0.355 e. The highest BCUT2D eigenvalue weighted by molar-refractivity contribution is 5.97. The zero-order chi connectivity index (χ0) is 19.6. The largest absolute Gasteiger partial charge is 0.463 e. The van der Waals surface area contributed by atoms with E-state index in [-0.39, 0.29) is 31.0 Å². The van der Waals surface area contributed by atoms with E-state index < -0.39 is 18.0 Å². The maximum atomic E-state index is 12.4. The van der Waals surface area contributed by atoms with Gasteiger partial charge in [-0.05, 0) is 44.0 Å². The van der Waals surface area contributed by atoms with E-state index in [0.29, 0.717) is 5.69 Å². The maximum absolute atomic E-state index is 12.4. The lowest BCUT2D eigenvalue weighted by Gasteiger charge is -2.21. The SMILES string of the molecule is CCOC(=O)C1=C(COC(=O)c2cc3c(C)cc(C)cc3[nH]2)NC(=O)NC1. The molecule has 8 heteroatoms. The van der Waals surface area contributed by atoms with Crippen LogP contribution < -0.4 is 10.6 Å². The fourth-order valence-electron chi connectivity index (χ4n) is 2.99. The van der Waals surface area contributed by atoms with Gasteiger partial charge in [-0.1, -0.05) is 6.07 Å². The molecule has 0 radical (unpaired) electrons. The van der Waals surface area contributed by atoms with Crippen molar-refractivity contribution in [3.8, 4) is 0 Å². The number of H-pyrrole nitrogens is 1. The lowest BCUT2D eigenvalue weighted by atomic mass is 10.1. The second-order valence-corrected chi connectivity index (χ2v) is 6.29. The van der Waals surface area contributed by atoms with Crippen LogP contribution in [0.15, 0.2) is 29.5 Å². The topological polar surface area (TPSA) is 110 Å². The summed E-state index contributed by atoms with van der Waals surface area (Å²) in [6.45, 7) is 5.62. The predicted octanol–water partition coefficient (Wildman–Crippen LogP) is 2.07. The van der Waals surface area contributed by atoms with Gasteiger partial charge in [0.15, 0.2) is 0 Å². The van der Waals surface area contributed by atoms with E-state index in [0.717, 1.165) is 22.0 Å². The van der Waals surface area contributed by atoms with Gasteiger partial charge in [0.1, 0.15) is 12.3 Å². The number of rotatable bonds is 5. The molecular weight excluding hydrogens is 350 g/mol. The highest BCUT2D eigenvalue weighted by Gasteiger charge is 2.25. The lowest BCUT2D eigenvalue weighted by Crippen LogP contribution is -2.45. The lowest BCUT2D eigenvalue weighted by molar-refractivity contribution is -0.138. The van der Waals surface area contributed by atoms with Crippen molar-refractivity contribution in [1.29, 1.82) is 0 Å². The molecule has 2 heterocycles. The second kappa shape index (κ2) is 7.53. The van der Waals surface area contributed by atoms with Crippen molar-refractivity contribution in [3.05, 3.63) is 46.3 Å². The first-order valence-electron chi connectivity index (χ1n) is 8.60. The van der Waals surface area contributed by atoms with Gasteiger partial charge < -0.3 is 25.1 Å². The smallest absolute Gasteiger partial charge is 0.355 e. The van der Waals surface area contributed by atoms with Crippen molar-refractivity contribution in [2.45, 2.75) is 20.8 Å². The van der Waals surface area contributed by atoms with Gasteiger partial charge in [0.25, 0.3) is 0 Å². The molecular formula is C19H21N3O5. The summed E-state index contributed by atoms with van der Waals surface area (Å²) in [5.74, 6) is -1.14. The molecule has 0 aliphatic carbocycles. The number of urea groups is 1. The van der Waals surface area contributed by atoms with Crippen molar-refractivity contribution in [3.63, 3.8) is 0 Å². The molecule has 0 fully saturated rings. The zero-order valence-corrected chi connectivity index (χ0v) is 15.4. The number of aromatic nitrogens is 1. The Balaban J connectivity index is 1.78. The third-order valence-corrected chi connectivity index (χ3v) is 4.23. The molecule has 0 atom stereocenters. The summed E-state index contributed by atoms with van der Waals surface area (Å²) < 4.78 is 10.3. The highest BCUT2D eigenvalue weighted by atomic mass is 16.5. The fourth-order valence-corrected chi connectivity index (χ4v) is 2.99. The number of carbonyl (C=O) groups is 3. The molecule has 8 nitrogen and oxygen atoms in total. The molecule has 0 saturated carbocycles. The molecule has 142 valence electrons. The van der Waals surface area contributed by atoms with Crippen molar-refractivity contribution >= 4 is 28.9 Å². The van der Waals surface area contributed by atoms with Gasteiger partial charge in [-0.15, -0.1) is 0 Å². The van der Waals surface area contributed by atoms with E-state index in [1.807, 2.05) is 26.0 Å². The number of hydrogen-bond acceptors (Lipinski definition) is 5. The van der Waals surface area contributed by atoms with Crippen LogP contribution in [0.1, 0.15) is 28.5 Å². The quantitative estimate of drug-likeness (QED) is 0.697. The standard InChI is InChI=1S/C19H21N3O5/c1-4-26-17(23)13-8-20-19(25)22-16(13)9-27-18(24)15-7-12-11(3)5-10(2)6-14(12)21-15/h5-7,21H,4,8-9H2,1-3H3,(H2,20,22,25). The Morgan fingerprint density at radius 3 is 2.63 bits per heavy atom. The Morgan fingerprint density at radius 2 is 1.89 bits per heavy atom. The van der Waals surface area contributed by atoms with Gasteiger partial charge in [0, 0.05) is 10.9 Å². The predicted molar refractivity (Wildman–Crippen MR) is 98.2 cm³/mol. The van der Waals surface area contributed by atoms with Crippen LogP contribution in [0, 0.1) is 13.8 Å². The third-order valence-electron chi connectivity index (χ3n) is 4.23. The minimum Gasteiger partial charge on any atom is -0.463 e. The number of hydrogen-bond donors (Lipinski definition) is 3. The molecule has 2 amide bonds. The average Bonchev–Trinajstić information content (AvgIpc) is 3.04. The molecule has 1 aliphatic heterocycles. The van der Waals surface area contributed by atoms with Crippen LogP contribution in [-0.4, -0.2) is 42.7 Å². The van der Waals surface area contributed by atoms with Gasteiger partial charge in [-0.2, -0.15) is 0 Å². The summed E-state index contributed by atoms with van der Waals surface area (Å²) in [6, 6.07) is 5.25. The first-order chi connectivity index (χ1) is 12.9. The van der Waals surface area contributed by atoms with Gasteiger partial charge in [0.2, 0.25) is 0 Å². The van der Waals surface area contributed by atoms with Crippen molar-refractivity contribution < 1.29 is 23.9 Å². The van der Waals surface area contributed by atoms with E-state index >= 15 is 0 Å². The minimum absolute atomic E-state index is 0.0163. The summed E-state index contributed by atoms with van der Waals surface area (Å²) in [5.41, 5.74) is 3.74. The molecule has 3 N–H and O–H groups in total. The number of aryl methyl sites for hydroxylation is 2. The molecule has 1 aromatic carbocycles.